The topological polar surface area (TPSA) is 51.2 Å². The Balaban J connectivity index is 2.16. The SMILES string of the molecule is CNc1nc2ccc(CC(=O)OC(C)C)cc2s1. The Morgan fingerprint density at radius 1 is 1.50 bits per heavy atom. The number of carbonyl (C=O) groups is 1. The van der Waals surface area contributed by atoms with Gasteiger partial charge in [-0.2, -0.15) is 0 Å². The molecule has 0 unspecified atom stereocenters. The normalized spacial score (nSPS) is 10.9. The first-order valence-electron chi connectivity index (χ1n) is 5.85. The molecule has 0 radical (unpaired) electrons. The first kappa shape index (κ1) is 12.8. The van der Waals surface area contributed by atoms with Crippen molar-refractivity contribution in [2.75, 3.05) is 12.4 Å². The number of esters is 1. The van der Waals surface area contributed by atoms with Gasteiger partial charge in [0.1, 0.15) is 0 Å². The largest absolute Gasteiger partial charge is 0.463 e. The van der Waals surface area contributed by atoms with Crippen LogP contribution in [0.1, 0.15) is 19.4 Å². The molecular weight excluding hydrogens is 248 g/mol. The molecule has 0 fully saturated rings. The highest BCUT2D eigenvalue weighted by molar-refractivity contribution is 7.22. The van der Waals surface area contributed by atoms with Crippen LogP contribution in [0.2, 0.25) is 0 Å². The second-order valence-corrected chi connectivity index (χ2v) is 5.32. The molecule has 0 bridgehead atoms. The number of fused-ring (bicyclic) bond motifs is 1. The Hall–Kier alpha value is -1.62. The van der Waals surface area contributed by atoms with Crippen LogP contribution in [0.3, 0.4) is 0 Å². The van der Waals surface area contributed by atoms with Crippen LogP contribution in [0.15, 0.2) is 18.2 Å². The summed E-state index contributed by atoms with van der Waals surface area (Å²) in [6.45, 7) is 3.70. The van der Waals surface area contributed by atoms with Gasteiger partial charge in [0.15, 0.2) is 5.13 Å². The molecule has 1 aromatic heterocycles. The second-order valence-electron chi connectivity index (χ2n) is 4.29. The lowest BCUT2D eigenvalue weighted by Gasteiger charge is -2.07. The third-order valence-electron chi connectivity index (χ3n) is 2.38. The Labute approximate surface area is 110 Å². The summed E-state index contributed by atoms with van der Waals surface area (Å²) in [5.41, 5.74) is 1.91. The van der Waals surface area contributed by atoms with E-state index in [1.165, 1.54) is 0 Å². The van der Waals surface area contributed by atoms with Crippen LogP contribution in [-0.2, 0) is 16.0 Å². The molecule has 0 spiro atoms. The molecular formula is C13H16N2O2S. The van der Waals surface area contributed by atoms with Crippen LogP contribution < -0.4 is 5.32 Å². The van der Waals surface area contributed by atoms with E-state index in [1.54, 1.807) is 11.3 Å². The number of ether oxygens (including phenoxy) is 1. The van der Waals surface area contributed by atoms with Crippen molar-refractivity contribution in [1.29, 1.82) is 0 Å². The maximum absolute atomic E-state index is 11.6. The van der Waals surface area contributed by atoms with Gasteiger partial charge in [-0.25, -0.2) is 4.98 Å². The van der Waals surface area contributed by atoms with Crippen molar-refractivity contribution in [3.05, 3.63) is 23.8 Å². The lowest BCUT2D eigenvalue weighted by Crippen LogP contribution is -2.13. The average Bonchev–Trinajstić information content (AvgIpc) is 2.69. The minimum absolute atomic E-state index is 0.0690. The zero-order valence-corrected chi connectivity index (χ0v) is 11.5. The molecule has 4 nitrogen and oxygen atoms in total. The monoisotopic (exact) mass is 264 g/mol. The standard InChI is InChI=1S/C13H16N2O2S/c1-8(2)17-12(16)7-9-4-5-10-11(6-9)18-13(14-3)15-10/h4-6,8H,7H2,1-3H3,(H,14,15). The molecule has 0 aliphatic rings. The number of rotatable bonds is 4. The van der Waals surface area contributed by atoms with Crippen molar-refractivity contribution in [1.82, 2.24) is 4.98 Å². The number of nitrogens with one attached hydrogen (secondary N) is 1. The summed E-state index contributed by atoms with van der Waals surface area (Å²) < 4.78 is 6.21. The van der Waals surface area contributed by atoms with E-state index in [-0.39, 0.29) is 12.1 Å². The van der Waals surface area contributed by atoms with Gasteiger partial charge in [-0.15, -0.1) is 0 Å². The molecule has 18 heavy (non-hydrogen) atoms. The van der Waals surface area contributed by atoms with Crippen LogP contribution in [-0.4, -0.2) is 24.1 Å². The maximum atomic E-state index is 11.6. The maximum Gasteiger partial charge on any atom is 0.310 e. The van der Waals surface area contributed by atoms with Gasteiger partial charge in [0.2, 0.25) is 0 Å². The third-order valence-corrected chi connectivity index (χ3v) is 3.42. The van der Waals surface area contributed by atoms with Gasteiger partial charge >= 0.3 is 5.97 Å². The van der Waals surface area contributed by atoms with Crippen molar-refractivity contribution in [3.8, 4) is 0 Å². The van der Waals surface area contributed by atoms with Crippen molar-refractivity contribution in [2.45, 2.75) is 26.4 Å². The van der Waals surface area contributed by atoms with E-state index in [0.717, 1.165) is 20.9 Å². The Morgan fingerprint density at radius 3 is 2.94 bits per heavy atom. The molecule has 96 valence electrons. The van der Waals surface area contributed by atoms with E-state index in [2.05, 4.69) is 10.3 Å². The highest BCUT2D eigenvalue weighted by atomic mass is 32.1. The summed E-state index contributed by atoms with van der Waals surface area (Å²) in [5, 5.41) is 3.90. The fourth-order valence-corrected chi connectivity index (χ4v) is 2.54. The lowest BCUT2D eigenvalue weighted by atomic mass is 10.1. The summed E-state index contributed by atoms with van der Waals surface area (Å²) in [6.07, 6.45) is 0.238. The van der Waals surface area contributed by atoms with Gasteiger partial charge in [-0.3, -0.25) is 4.79 Å². The van der Waals surface area contributed by atoms with Crippen molar-refractivity contribution < 1.29 is 9.53 Å². The molecule has 0 saturated heterocycles. The highest BCUT2D eigenvalue weighted by Gasteiger charge is 2.09. The highest BCUT2D eigenvalue weighted by Crippen LogP contribution is 2.26. The molecule has 2 aromatic rings. The van der Waals surface area contributed by atoms with E-state index in [9.17, 15) is 4.79 Å². The quantitative estimate of drug-likeness (QED) is 0.863. The van der Waals surface area contributed by atoms with Gasteiger partial charge in [0.25, 0.3) is 0 Å². The van der Waals surface area contributed by atoms with E-state index < -0.39 is 0 Å². The third kappa shape index (κ3) is 2.98. The molecule has 1 aromatic carbocycles. The fraction of sp³-hybridized carbons (Fsp3) is 0.385. The first-order valence-corrected chi connectivity index (χ1v) is 6.67. The number of hydrogen-bond acceptors (Lipinski definition) is 5. The predicted octanol–water partition coefficient (Wildman–Crippen LogP) is 2.83. The van der Waals surface area contributed by atoms with E-state index in [0.29, 0.717) is 6.42 Å². The summed E-state index contributed by atoms with van der Waals surface area (Å²) in [7, 11) is 1.85. The Kier molecular flexibility index (Phi) is 3.81. The van der Waals surface area contributed by atoms with Gasteiger partial charge in [0.05, 0.1) is 22.7 Å². The predicted molar refractivity (Wildman–Crippen MR) is 74.1 cm³/mol. The minimum Gasteiger partial charge on any atom is -0.463 e. The van der Waals surface area contributed by atoms with Gasteiger partial charge in [-0.05, 0) is 31.5 Å². The number of benzene rings is 1. The number of anilines is 1. The number of nitrogens with zero attached hydrogens (tertiary/aromatic N) is 1. The van der Waals surface area contributed by atoms with Gasteiger partial charge < -0.3 is 10.1 Å². The van der Waals surface area contributed by atoms with E-state index in [1.807, 2.05) is 39.1 Å². The zero-order chi connectivity index (χ0) is 13.1. The molecule has 1 N–H and O–H groups in total. The van der Waals surface area contributed by atoms with Crippen molar-refractivity contribution in [2.24, 2.45) is 0 Å². The Bertz CT molecular complexity index is 563. The smallest absolute Gasteiger partial charge is 0.310 e. The van der Waals surface area contributed by atoms with Crippen LogP contribution >= 0.6 is 11.3 Å². The lowest BCUT2D eigenvalue weighted by molar-refractivity contribution is -0.146. The summed E-state index contributed by atoms with van der Waals surface area (Å²) >= 11 is 1.58. The van der Waals surface area contributed by atoms with Crippen LogP contribution in [0.4, 0.5) is 5.13 Å². The van der Waals surface area contributed by atoms with E-state index >= 15 is 0 Å². The zero-order valence-electron chi connectivity index (χ0n) is 10.7. The van der Waals surface area contributed by atoms with E-state index in [4.69, 9.17) is 4.74 Å². The van der Waals surface area contributed by atoms with Gasteiger partial charge in [-0.1, -0.05) is 17.4 Å². The summed E-state index contributed by atoms with van der Waals surface area (Å²) in [6, 6.07) is 5.85. The van der Waals surface area contributed by atoms with Crippen LogP contribution in [0.25, 0.3) is 10.2 Å². The molecule has 0 aliphatic heterocycles. The number of carbonyl (C=O) groups excluding carboxylic acids is 1. The van der Waals surface area contributed by atoms with Gasteiger partial charge in [0, 0.05) is 7.05 Å². The average molecular weight is 264 g/mol. The molecule has 1 heterocycles. The molecule has 0 atom stereocenters. The minimum atomic E-state index is -0.192. The second kappa shape index (κ2) is 5.35. The van der Waals surface area contributed by atoms with Crippen molar-refractivity contribution in [3.63, 3.8) is 0 Å². The first-order chi connectivity index (χ1) is 8.58. The summed E-state index contributed by atoms with van der Waals surface area (Å²) in [5.74, 6) is -0.192. The fourth-order valence-electron chi connectivity index (χ4n) is 1.66. The van der Waals surface area contributed by atoms with Crippen molar-refractivity contribution >= 4 is 32.7 Å². The molecule has 0 amide bonds. The van der Waals surface area contributed by atoms with Crippen LogP contribution in [0, 0.1) is 0 Å². The Morgan fingerprint density at radius 2 is 2.28 bits per heavy atom. The number of aromatic nitrogens is 1. The molecule has 2 rings (SSSR count). The number of hydrogen-bond donors (Lipinski definition) is 1. The molecule has 5 heteroatoms. The van der Waals surface area contributed by atoms with Crippen LogP contribution in [0.5, 0.6) is 0 Å². The summed E-state index contributed by atoms with van der Waals surface area (Å²) in [4.78, 5) is 16.0. The number of thiazole rings is 1. The molecule has 0 saturated carbocycles. The molecule has 0 aliphatic carbocycles.